The number of benzene rings is 1. The summed E-state index contributed by atoms with van der Waals surface area (Å²) in [5.74, 6) is 5.97. The van der Waals surface area contributed by atoms with Gasteiger partial charge in [-0.25, -0.2) is 0 Å². The lowest BCUT2D eigenvalue weighted by atomic mass is 10.2. The monoisotopic (exact) mass is 243 g/mol. The van der Waals surface area contributed by atoms with Crippen LogP contribution >= 0.6 is 15.9 Å². The Kier molecular flexibility index (Phi) is 3.13. The van der Waals surface area contributed by atoms with E-state index in [2.05, 4.69) is 21.0 Å². The minimum atomic E-state index is 0.248. The average molecular weight is 244 g/mol. The van der Waals surface area contributed by atoms with Crippen LogP contribution in [0, 0.1) is 0 Å². The van der Waals surface area contributed by atoms with Crippen LogP contribution < -0.4 is 16.3 Å². The molecule has 0 aliphatic heterocycles. The highest BCUT2D eigenvalue weighted by atomic mass is 79.9. The van der Waals surface area contributed by atoms with Crippen molar-refractivity contribution in [1.82, 2.24) is 0 Å². The van der Waals surface area contributed by atoms with Gasteiger partial charge in [0.2, 0.25) is 0 Å². The molecule has 0 aromatic heterocycles. The molecule has 0 fully saturated rings. The van der Waals surface area contributed by atoms with E-state index in [0.717, 1.165) is 4.47 Å². The van der Waals surface area contributed by atoms with Crippen molar-refractivity contribution in [3.63, 3.8) is 0 Å². The lowest BCUT2D eigenvalue weighted by Crippen LogP contribution is -2.16. The topological polar surface area (TPSA) is 73.6 Å². The van der Waals surface area contributed by atoms with E-state index >= 15 is 0 Å². The molecule has 0 radical (unpaired) electrons. The van der Waals surface area contributed by atoms with Crippen LogP contribution in [0.15, 0.2) is 27.8 Å². The summed E-state index contributed by atoms with van der Waals surface area (Å²) in [4.78, 5) is 0. The van der Waals surface area contributed by atoms with Gasteiger partial charge in [-0.3, -0.25) is 0 Å². The van der Waals surface area contributed by atoms with Crippen molar-refractivity contribution in [2.24, 2.45) is 16.7 Å². The van der Waals surface area contributed by atoms with Gasteiger partial charge in [-0.2, -0.15) is 5.10 Å². The maximum Gasteiger partial charge on any atom is 0.154 e. The van der Waals surface area contributed by atoms with Crippen LogP contribution in [0.5, 0.6) is 5.75 Å². The number of rotatable bonds is 2. The molecule has 0 aliphatic carbocycles. The molecule has 0 saturated heterocycles. The first-order chi connectivity index (χ1) is 6.19. The van der Waals surface area contributed by atoms with Gasteiger partial charge in [0, 0.05) is 4.47 Å². The number of hydrazone groups is 1. The summed E-state index contributed by atoms with van der Waals surface area (Å²) < 4.78 is 5.98. The van der Waals surface area contributed by atoms with E-state index < -0.39 is 0 Å². The molecule has 1 aromatic rings. The van der Waals surface area contributed by atoms with Crippen LogP contribution in [0.2, 0.25) is 0 Å². The Balaban J connectivity index is 3.23. The van der Waals surface area contributed by atoms with Gasteiger partial charge in [-0.15, -0.1) is 0 Å². The molecule has 70 valence electrons. The standard InChI is InChI=1S/C8H10BrN3O/c1-13-7-3-2-5(9)4-6(7)8(10)12-11/h2-4H,11H2,1H3,(H2,10,12). The highest BCUT2D eigenvalue weighted by Crippen LogP contribution is 2.22. The van der Waals surface area contributed by atoms with Crippen molar-refractivity contribution in [3.05, 3.63) is 28.2 Å². The Morgan fingerprint density at radius 3 is 2.77 bits per heavy atom. The van der Waals surface area contributed by atoms with E-state index in [4.69, 9.17) is 16.3 Å². The highest BCUT2D eigenvalue weighted by molar-refractivity contribution is 9.10. The predicted molar refractivity (Wildman–Crippen MR) is 55.6 cm³/mol. The summed E-state index contributed by atoms with van der Waals surface area (Å²) in [6.07, 6.45) is 0. The van der Waals surface area contributed by atoms with Crippen molar-refractivity contribution in [2.75, 3.05) is 7.11 Å². The summed E-state index contributed by atoms with van der Waals surface area (Å²) in [6, 6.07) is 5.44. The van der Waals surface area contributed by atoms with Crippen LogP contribution in [-0.4, -0.2) is 12.9 Å². The van der Waals surface area contributed by atoms with Gasteiger partial charge < -0.3 is 16.3 Å². The fourth-order valence-electron chi connectivity index (χ4n) is 0.950. The first-order valence-electron chi connectivity index (χ1n) is 3.56. The second-order valence-electron chi connectivity index (χ2n) is 2.36. The number of methoxy groups -OCH3 is 1. The van der Waals surface area contributed by atoms with E-state index in [-0.39, 0.29) is 5.84 Å². The van der Waals surface area contributed by atoms with Crippen molar-refractivity contribution in [1.29, 1.82) is 0 Å². The lowest BCUT2D eigenvalue weighted by molar-refractivity contribution is 0.414. The Morgan fingerprint density at radius 1 is 1.54 bits per heavy atom. The largest absolute Gasteiger partial charge is 0.496 e. The first-order valence-corrected chi connectivity index (χ1v) is 4.35. The molecule has 4 N–H and O–H groups in total. The first kappa shape index (κ1) is 9.85. The second-order valence-corrected chi connectivity index (χ2v) is 3.27. The molecule has 0 unspecified atom stereocenters. The molecule has 0 atom stereocenters. The van der Waals surface area contributed by atoms with Crippen molar-refractivity contribution in [2.45, 2.75) is 0 Å². The Morgan fingerprint density at radius 2 is 2.23 bits per heavy atom. The zero-order valence-electron chi connectivity index (χ0n) is 7.12. The second kappa shape index (κ2) is 4.13. The maximum atomic E-state index is 5.56. The molecule has 1 rings (SSSR count). The molecule has 5 heteroatoms. The van der Waals surface area contributed by atoms with Gasteiger partial charge in [0.25, 0.3) is 0 Å². The van der Waals surface area contributed by atoms with Crippen LogP contribution in [0.25, 0.3) is 0 Å². The molecule has 0 heterocycles. The molecular weight excluding hydrogens is 234 g/mol. The van der Waals surface area contributed by atoms with Gasteiger partial charge in [0.05, 0.1) is 12.7 Å². The zero-order valence-corrected chi connectivity index (χ0v) is 8.71. The van der Waals surface area contributed by atoms with Gasteiger partial charge in [-0.1, -0.05) is 15.9 Å². The normalized spacial score (nSPS) is 11.4. The minimum absolute atomic E-state index is 0.248. The van der Waals surface area contributed by atoms with E-state index in [1.54, 1.807) is 19.2 Å². The molecule has 13 heavy (non-hydrogen) atoms. The third-order valence-corrected chi connectivity index (χ3v) is 2.07. The number of amidine groups is 1. The van der Waals surface area contributed by atoms with Crippen LogP contribution in [0.1, 0.15) is 5.56 Å². The Labute approximate surface area is 84.7 Å². The molecule has 0 saturated carbocycles. The summed E-state index contributed by atoms with van der Waals surface area (Å²) in [6.45, 7) is 0. The average Bonchev–Trinajstić information content (AvgIpc) is 2.16. The highest BCUT2D eigenvalue weighted by Gasteiger charge is 2.06. The van der Waals surface area contributed by atoms with Gasteiger partial charge in [0.1, 0.15) is 5.75 Å². The number of halogens is 1. The maximum absolute atomic E-state index is 5.56. The summed E-state index contributed by atoms with van der Waals surface area (Å²) in [5.41, 5.74) is 6.24. The van der Waals surface area contributed by atoms with Gasteiger partial charge in [0.15, 0.2) is 5.84 Å². The van der Waals surface area contributed by atoms with Crippen LogP contribution in [0.4, 0.5) is 0 Å². The molecule has 1 aromatic carbocycles. The lowest BCUT2D eigenvalue weighted by Gasteiger charge is -2.07. The predicted octanol–water partition coefficient (Wildman–Crippen LogP) is 1.04. The quantitative estimate of drug-likeness (QED) is 0.353. The number of hydrogen-bond acceptors (Lipinski definition) is 3. The number of nitrogens with two attached hydrogens (primary N) is 2. The molecule has 0 spiro atoms. The van der Waals surface area contributed by atoms with E-state index in [1.165, 1.54) is 0 Å². The van der Waals surface area contributed by atoms with Crippen molar-refractivity contribution < 1.29 is 4.74 Å². The van der Waals surface area contributed by atoms with E-state index in [1.807, 2.05) is 6.07 Å². The zero-order chi connectivity index (χ0) is 9.84. The molecule has 4 nitrogen and oxygen atoms in total. The third-order valence-electron chi connectivity index (χ3n) is 1.58. The Hall–Kier alpha value is -1.23. The number of hydrogen-bond donors (Lipinski definition) is 2. The number of nitrogens with zero attached hydrogens (tertiary/aromatic N) is 1. The minimum Gasteiger partial charge on any atom is -0.496 e. The molecular formula is C8H10BrN3O. The summed E-state index contributed by atoms with van der Waals surface area (Å²) in [5, 5.41) is 3.40. The van der Waals surface area contributed by atoms with Crippen LogP contribution in [0.3, 0.4) is 0 Å². The van der Waals surface area contributed by atoms with E-state index in [9.17, 15) is 0 Å². The van der Waals surface area contributed by atoms with Crippen molar-refractivity contribution in [3.8, 4) is 5.75 Å². The fourth-order valence-corrected chi connectivity index (χ4v) is 1.31. The summed E-state index contributed by atoms with van der Waals surface area (Å²) >= 11 is 3.32. The summed E-state index contributed by atoms with van der Waals surface area (Å²) in [7, 11) is 1.57. The van der Waals surface area contributed by atoms with Gasteiger partial charge in [-0.05, 0) is 18.2 Å². The van der Waals surface area contributed by atoms with E-state index in [0.29, 0.717) is 11.3 Å². The number of ether oxygens (including phenoxy) is 1. The molecule has 0 amide bonds. The molecule has 0 bridgehead atoms. The van der Waals surface area contributed by atoms with Gasteiger partial charge >= 0.3 is 0 Å². The molecule has 0 aliphatic rings. The van der Waals surface area contributed by atoms with Crippen LogP contribution in [-0.2, 0) is 0 Å². The fraction of sp³-hybridized carbons (Fsp3) is 0.125. The third kappa shape index (κ3) is 2.12. The van der Waals surface area contributed by atoms with Crippen molar-refractivity contribution >= 4 is 21.8 Å². The Bertz CT molecular complexity index is 338. The smallest absolute Gasteiger partial charge is 0.154 e. The SMILES string of the molecule is COc1ccc(Br)cc1C(N)=NN.